The van der Waals surface area contributed by atoms with Gasteiger partial charge < -0.3 is 38.3 Å². The van der Waals surface area contributed by atoms with E-state index >= 15 is 0 Å². The Morgan fingerprint density at radius 1 is 0.767 bits per heavy atom. The van der Waals surface area contributed by atoms with Crippen molar-refractivity contribution in [2.45, 2.75) is 75.3 Å². The molecule has 12 heteroatoms. The average molecular weight is 818 g/mol. The molecule has 2 saturated heterocycles. The highest BCUT2D eigenvalue weighted by Crippen LogP contribution is 2.32. The van der Waals surface area contributed by atoms with Gasteiger partial charge in [0.05, 0.1) is 38.4 Å². The van der Waals surface area contributed by atoms with Crippen LogP contribution >= 0.6 is 0 Å². The van der Waals surface area contributed by atoms with Gasteiger partial charge in [0.2, 0.25) is 5.91 Å². The number of rotatable bonds is 18. The van der Waals surface area contributed by atoms with Crippen LogP contribution in [0.5, 0.6) is 0 Å². The number of carbonyl (C=O) groups excluding carboxylic acids is 3. The summed E-state index contributed by atoms with van der Waals surface area (Å²) in [5.74, 6) is -1.56. The summed E-state index contributed by atoms with van der Waals surface area (Å²) in [7, 11) is 1.51. The van der Waals surface area contributed by atoms with Crippen LogP contribution in [0.25, 0.3) is 0 Å². The average Bonchev–Trinajstić information content (AvgIpc) is 3.66. The fourth-order valence-corrected chi connectivity index (χ4v) is 7.76. The van der Waals surface area contributed by atoms with Gasteiger partial charge >= 0.3 is 6.09 Å². The van der Waals surface area contributed by atoms with Gasteiger partial charge in [-0.15, -0.1) is 0 Å². The van der Waals surface area contributed by atoms with Crippen molar-refractivity contribution in [3.63, 3.8) is 0 Å². The van der Waals surface area contributed by atoms with Gasteiger partial charge in [-0.1, -0.05) is 121 Å². The lowest BCUT2D eigenvalue weighted by Crippen LogP contribution is -2.61. The molecule has 0 aromatic heterocycles. The predicted molar refractivity (Wildman–Crippen MR) is 220 cm³/mol. The van der Waals surface area contributed by atoms with E-state index < -0.39 is 60.8 Å². The largest absolute Gasteiger partial charge is 0.482 e. The zero-order valence-electron chi connectivity index (χ0n) is 33.5. The summed E-state index contributed by atoms with van der Waals surface area (Å²) in [5, 5.41) is 10.4. The lowest BCUT2D eigenvalue weighted by molar-refractivity contribution is -0.319. The molecule has 8 atom stereocenters. The van der Waals surface area contributed by atoms with Gasteiger partial charge in [0.15, 0.2) is 18.2 Å². The first-order chi connectivity index (χ1) is 29.4. The van der Waals surface area contributed by atoms with Crippen molar-refractivity contribution in [3.8, 4) is 0 Å². The summed E-state index contributed by atoms with van der Waals surface area (Å²) in [6.45, 7) is 0.413. The van der Waals surface area contributed by atoms with Crippen LogP contribution < -0.4 is 0 Å². The van der Waals surface area contributed by atoms with Gasteiger partial charge in [0.1, 0.15) is 36.8 Å². The Morgan fingerprint density at radius 3 is 1.95 bits per heavy atom. The molecular formula is C48H51NO11. The molecule has 0 bridgehead atoms. The molecule has 4 aromatic carbocycles. The van der Waals surface area contributed by atoms with Gasteiger partial charge in [-0.2, -0.15) is 0 Å². The Bertz CT molecular complexity index is 2050. The Morgan fingerprint density at radius 2 is 1.35 bits per heavy atom. The first-order valence-electron chi connectivity index (χ1n) is 20.3. The van der Waals surface area contributed by atoms with Crippen LogP contribution in [0.3, 0.4) is 0 Å². The van der Waals surface area contributed by atoms with Crippen LogP contribution in [-0.4, -0.2) is 97.6 Å². The molecular weight excluding hydrogens is 767 g/mol. The van der Waals surface area contributed by atoms with Crippen molar-refractivity contribution >= 4 is 17.8 Å². The molecule has 0 aliphatic carbocycles. The SMILES string of the molecule is CO[C@H]1O[C@H](CO)[C@@H](OCc2ccccc2)[C@H](OCc2ccccc2)[C@@H]1OCCC=C1C=CC(=O)[C@@H]([C@H](Cc2ccccc2)C(=O)N2C(=O)OC[C@H]2Cc2ccccc2)O1. The van der Waals surface area contributed by atoms with Crippen LogP contribution in [0, 0.1) is 5.92 Å². The van der Waals surface area contributed by atoms with Crippen molar-refractivity contribution < 1.29 is 52.6 Å². The van der Waals surface area contributed by atoms with E-state index in [1.807, 2.05) is 121 Å². The summed E-state index contributed by atoms with van der Waals surface area (Å²) in [6.07, 6.45) is -0.0509. The summed E-state index contributed by atoms with van der Waals surface area (Å²) in [6, 6.07) is 37.8. The van der Waals surface area contributed by atoms with E-state index in [4.69, 9.17) is 33.2 Å². The summed E-state index contributed by atoms with van der Waals surface area (Å²) in [5.41, 5.74) is 3.67. The highest BCUT2D eigenvalue weighted by molar-refractivity contribution is 6.02. The molecule has 0 spiro atoms. The van der Waals surface area contributed by atoms with Crippen molar-refractivity contribution in [2.75, 3.05) is 26.9 Å². The third kappa shape index (κ3) is 10.8. The zero-order chi connectivity index (χ0) is 41.7. The van der Waals surface area contributed by atoms with E-state index in [0.717, 1.165) is 27.2 Å². The fourth-order valence-electron chi connectivity index (χ4n) is 7.76. The standard InChI is InChI=1S/C48H51NO11/c1-54-47-45(44(57-31-36-21-12-5-13-22-36)43(41(29-50)60-47)56-30-35-19-10-4-11-20-35)55-26-14-23-38-24-25-40(51)42(59-38)39(28-34-17-8-3-9-18-34)46(52)49-37(32-58-48(49)53)27-33-15-6-2-7-16-33/h2-13,15-25,37,39,41-45,47,50H,14,26-32H2,1H3/t37-,39+,41-,42-,43-,44+,45+,47+/m1/s1. The van der Waals surface area contributed by atoms with Gasteiger partial charge in [0.25, 0.3) is 0 Å². The van der Waals surface area contributed by atoms with E-state index in [9.17, 15) is 19.5 Å². The van der Waals surface area contributed by atoms with Crippen LogP contribution in [0.2, 0.25) is 0 Å². The van der Waals surface area contributed by atoms with Crippen molar-refractivity contribution in [2.24, 2.45) is 5.92 Å². The molecule has 60 heavy (non-hydrogen) atoms. The maximum Gasteiger partial charge on any atom is 0.416 e. The molecule has 12 nitrogen and oxygen atoms in total. The lowest BCUT2D eigenvalue weighted by Gasteiger charge is -2.45. The third-order valence-electron chi connectivity index (χ3n) is 10.8. The summed E-state index contributed by atoms with van der Waals surface area (Å²) < 4.78 is 43.0. The molecule has 0 radical (unpaired) electrons. The van der Waals surface area contributed by atoms with E-state index in [0.29, 0.717) is 18.6 Å². The van der Waals surface area contributed by atoms with Crippen LogP contribution in [0.1, 0.15) is 28.7 Å². The topological polar surface area (TPSA) is 139 Å². The molecule has 3 heterocycles. The Balaban J connectivity index is 1.06. The molecule has 3 aliphatic heterocycles. The molecule has 1 N–H and O–H groups in total. The van der Waals surface area contributed by atoms with Crippen molar-refractivity contribution in [3.05, 3.63) is 168 Å². The van der Waals surface area contributed by atoms with Crippen LogP contribution in [0.15, 0.2) is 145 Å². The minimum Gasteiger partial charge on any atom is -0.482 e. The number of nitrogens with zero attached hydrogens (tertiary/aromatic N) is 1. The summed E-state index contributed by atoms with van der Waals surface area (Å²) >= 11 is 0. The second kappa shape index (κ2) is 21.2. The Hall–Kier alpha value is -5.47. The van der Waals surface area contributed by atoms with Gasteiger partial charge in [-0.3, -0.25) is 9.59 Å². The van der Waals surface area contributed by atoms with Crippen LogP contribution in [0.4, 0.5) is 4.79 Å². The van der Waals surface area contributed by atoms with E-state index in [-0.39, 0.29) is 45.2 Å². The number of methoxy groups -OCH3 is 1. The number of carbonyl (C=O) groups is 3. The number of benzene rings is 4. The maximum atomic E-state index is 14.4. The molecule has 4 aromatic rings. The number of aliphatic hydroxyl groups is 1. The van der Waals surface area contributed by atoms with E-state index in [1.54, 1.807) is 12.2 Å². The number of ether oxygens (including phenoxy) is 7. The third-order valence-corrected chi connectivity index (χ3v) is 10.8. The first kappa shape index (κ1) is 42.6. The number of hydrogen-bond donors (Lipinski definition) is 1. The number of amides is 2. The number of ketones is 1. The van der Waals surface area contributed by atoms with Gasteiger partial charge in [-0.25, -0.2) is 9.69 Å². The van der Waals surface area contributed by atoms with E-state index in [2.05, 4.69) is 0 Å². The Kier molecular flexibility index (Phi) is 15.0. The number of aliphatic hydroxyl groups excluding tert-OH is 1. The number of allylic oxidation sites excluding steroid dienone is 1. The quantitative estimate of drug-likeness (QED) is 0.116. The summed E-state index contributed by atoms with van der Waals surface area (Å²) in [4.78, 5) is 42.3. The van der Waals surface area contributed by atoms with Crippen LogP contribution in [-0.2, 0) is 68.8 Å². The fraction of sp³-hybridized carbons (Fsp3) is 0.354. The molecule has 2 fully saturated rings. The maximum absolute atomic E-state index is 14.4. The second-order valence-corrected chi connectivity index (χ2v) is 14.9. The van der Waals surface area contributed by atoms with E-state index in [1.165, 1.54) is 13.2 Å². The van der Waals surface area contributed by atoms with Crippen molar-refractivity contribution in [1.82, 2.24) is 4.90 Å². The number of imide groups is 1. The van der Waals surface area contributed by atoms with Crippen molar-refractivity contribution in [1.29, 1.82) is 0 Å². The minimum absolute atomic E-state index is 0.0523. The number of hydrogen-bond acceptors (Lipinski definition) is 11. The minimum atomic E-state index is -1.20. The smallest absolute Gasteiger partial charge is 0.416 e. The molecule has 2 amide bonds. The second-order valence-electron chi connectivity index (χ2n) is 14.9. The van der Waals surface area contributed by atoms with Gasteiger partial charge in [0, 0.05) is 7.11 Å². The molecule has 0 saturated carbocycles. The highest BCUT2D eigenvalue weighted by Gasteiger charge is 2.49. The molecule has 314 valence electrons. The number of cyclic esters (lactones) is 1. The molecule has 7 rings (SSSR count). The lowest BCUT2D eigenvalue weighted by atomic mass is 9.88. The first-order valence-corrected chi connectivity index (χ1v) is 20.3. The normalized spacial score (nSPS) is 25.2. The Labute approximate surface area is 350 Å². The molecule has 3 aliphatic rings. The molecule has 0 unspecified atom stereocenters. The highest BCUT2D eigenvalue weighted by atomic mass is 16.7. The monoisotopic (exact) mass is 817 g/mol. The predicted octanol–water partition coefficient (Wildman–Crippen LogP) is 6.15. The van der Waals surface area contributed by atoms with Gasteiger partial charge in [-0.05, 0) is 59.7 Å². The zero-order valence-corrected chi connectivity index (χ0v) is 33.5.